The number of hydrogen-bond donors (Lipinski definition) is 4. The van der Waals surface area contributed by atoms with Crippen LogP contribution in [0.1, 0.15) is 18.5 Å². The first kappa shape index (κ1) is 17.8. The summed E-state index contributed by atoms with van der Waals surface area (Å²) < 4.78 is 10.5. The standard InChI is InChI=1S/C13H19N5O6/c14-13-16-12(22)7(17-18-13)1-2-10(19)15-8-5-23-4-3-9(8)24-6-11(20)21/h8-9H,1-6H2,(H,15,19)(H,20,21)(H3,14,16,18,22)/t8-,9+/m1/s1. The van der Waals surface area contributed by atoms with Crippen LogP contribution in [0.3, 0.4) is 0 Å². The van der Waals surface area contributed by atoms with Gasteiger partial charge in [0.2, 0.25) is 11.9 Å². The maximum atomic E-state index is 12.0. The van der Waals surface area contributed by atoms with E-state index in [1.54, 1.807) is 0 Å². The molecule has 1 fully saturated rings. The van der Waals surface area contributed by atoms with E-state index >= 15 is 0 Å². The molecule has 11 heteroatoms. The Morgan fingerprint density at radius 1 is 1.46 bits per heavy atom. The van der Waals surface area contributed by atoms with E-state index in [2.05, 4.69) is 20.5 Å². The quantitative estimate of drug-likeness (QED) is 0.440. The molecule has 2 heterocycles. The van der Waals surface area contributed by atoms with Gasteiger partial charge in [0.25, 0.3) is 5.56 Å². The third-order valence-electron chi connectivity index (χ3n) is 3.43. The van der Waals surface area contributed by atoms with Gasteiger partial charge in [0.1, 0.15) is 12.3 Å². The molecule has 0 spiro atoms. The Kier molecular flexibility index (Phi) is 6.21. The highest BCUT2D eigenvalue weighted by molar-refractivity contribution is 5.76. The van der Waals surface area contributed by atoms with E-state index in [-0.39, 0.29) is 37.0 Å². The second-order valence-electron chi connectivity index (χ2n) is 5.27. The molecule has 11 nitrogen and oxygen atoms in total. The predicted octanol–water partition coefficient (Wildman–Crippen LogP) is -1.95. The van der Waals surface area contributed by atoms with Crippen LogP contribution in [0.25, 0.3) is 0 Å². The van der Waals surface area contributed by atoms with Gasteiger partial charge in [-0.15, -0.1) is 10.2 Å². The van der Waals surface area contributed by atoms with Gasteiger partial charge in [0.05, 0.1) is 18.8 Å². The zero-order valence-corrected chi connectivity index (χ0v) is 12.9. The first-order valence-electron chi connectivity index (χ1n) is 7.37. The summed E-state index contributed by atoms with van der Waals surface area (Å²) in [4.78, 5) is 36.5. The number of ether oxygens (including phenoxy) is 2. The number of hydrogen-bond acceptors (Lipinski definition) is 8. The van der Waals surface area contributed by atoms with Gasteiger partial charge in [-0.3, -0.25) is 14.6 Å². The van der Waals surface area contributed by atoms with Crippen molar-refractivity contribution >= 4 is 17.8 Å². The number of carboxylic acid groups (broad SMARTS) is 1. The Hall–Kier alpha value is -2.53. The molecule has 0 unspecified atom stereocenters. The molecule has 1 aromatic rings. The first-order chi connectivity index (χ1) is 11.5. The van der Waals surface area contributed by atoms with Crippen LogP contribution in [0.5, 0.6) is 0 Å². The van der Waals surface area contributed by atoms with Crippen LogP contribution < -0.4 is 16.6 Å². The number of aromatic nitrogens is 3. The molecule has 1 aliphatic rings. The molecule has 1 saturated heterocycles. The Morgan fingerprint density at radius 2 is 2.25 bits per heavy atom. The van der Waals surface area contributed by atoms with Crippen molar-refractivity contribution in [2.75, 3.05) is 25.6 Å². The Balaban J connectivity index is 1.85. The van der Waals surface area contributed by atoms with Crippen molar-refractivity contribution in [1.82, 2.24) is 20.5 Å². The molecular formula is C13H19N5O6. The average molecular weight is 341 g/mol. The van der Waals surface area contributed by atoms with Crippen molar-refractivity contribution < 1.29 is 24.2 Å². The zero-order chi connectivity index (χ0) is 17.5. The zero-order valence-electron chi connectivity index (χ0n) is 12.9. The van der Waals surface area contributed by atoms with E-state index in [1.165, 1.54) is 0 Å². The Morgan fingerprint density at radius 3 is 2.96 bits per heavy atom. The number of nitrogens with two attached hydrogens (primary N) is 1. The number of aliphatic carboxylic acids is 1. The molecule has 0 aromatic carbocycles. The van der Waals surface area contributed by atoms with E-state index in [4.69, 9.17) is 20.3 Å². The third kappa shape index (κ3) is 5.28. The van der Waals surface area contributed by atoms with Crippen LogP contribution in [0.15, 0.2) is 4.79 Å². The van der Waals surface area contributed by atoms with Crippen molar-refractivity contribution in [2.24, 2.45) is 0 Å². The number of aromatic amines is 1. The van der Waals surface area contributed by atoms with Crippen LogP contribution in [-0.4, -0.2) is 64.1 Å². The summed E-state index contributed by atoms with van der Waals surface area (Å²) in [5, 5.41) is 18.6. The van der Waals surface area contributed by atoms with Gasteiger partial charge in [-0.2, -0.15) is 0 Å². The van der Waals surface area contributed by atoms with Crippen molar-refractivity contribution in [3.05, 3.63) is 16.0 Å². The van der Waals surface area contributed by atoms with Crippen molar-refractivity contribution in [2.45, 2.75) is 31.4 Å². The van der Waals surface area contributed by atoms with E-state index in [0.717, 1.165) is 0 Å². The largest absolute Gasteiger partial charge is 0.480 e. The lowest BCUT2D eigenvalue weighted by molar-refractivity contribution is -0.148. The van der Waals surface area contributed by atoms with Gasteiger partial charge in [0, 0.05) is 19.4 Å². The summed E-state index contributed by atoms with van der Waals surface area (Å²) >= 11 is 0. The van der Waals surface area contributed by atoms with Gasteiger partial charge < -0.3 is 25.6 Å². The number of aryl methyl sites for hydroxylation is 1. The number of carbonyl (C=O) groups is 2. The van der Waals surface area contributed by atoms with Gasteiger partial charge in [-0.05, 0) is 6.42 Å². The molecule has 2 rings (SSSR count). The molecule has 1 amide bonds. The van der Waals surface area contributed by atoms with Crippen LogP contribution in [0.2, 0.25) is 0 Å². The summed E-state index contributed by atoms with van der Waals surface area (Å²) in [6.45, 7) is 0.235. The van der Waals surface area contributed by atoms with Crippen LogP contribution >= 0.6 is 0 Å². The fraction of sp³-hybridized carbons (Fsp3) is 0.615. The number of nitrogens with one attached hydrogen (secondary N) is 2. The van der Waals surface area contributed by atoms with E-state index in [0.29, 0.717) is 13.0 Å². The molecule has 132 valence electrons. The number of amides is 1. The highest BCUT2D eigenvalue weighted by atomic mass is 16.5. The fourth-order valence-corrected chi connectivity index (χ4v) is 2.28. The molecule has 1 aliphatic heterocycles. The summed E-state index contributed by atoms with van der Waals surface area (Å²) in [5.74, 6) is -1.49. The highest BCUT2D eigenvalue weighted by Gasteiger charge is 2.28. The van der Waals surface area contributed by atoms with Gasteiger partial charge >= 0.3 is 5.97 Å². The second kappa shape index (κ2) is 8.36. The molecule has 5 N–H and O–H groups in total. The number of carboxylic acids is 1. The minimum Gasteiger partial charge on any atom is -0.480 e. The molecule has 0 bridgehead atoms. The number of H-pyrrole nitrogens is 1. The SMILES string of the molecule is Nc1nnc(CCC(=O)N[C@@H]2COCC[C@@H]2OCC(=O)O)c(=O)[nH]1. The minimum absolute atomic E-state index is 0.0177. The first-order valence-corrected chi connectivity index (χ1v) is 7.37. The average Bonchev–Trinajstić information content (AvgIpc) is 2.53. The number of rotatable bonds is 7. The Labute approximate surface area is 136 Å². The number of anilines is 1. The summed E-state index contributed by atoms with van der Waals surface area (Å²) in [7, 11) is 0. The molecular weight excluding hydrogens is 322 g/mol. The molecule has 1 aromatic heterocycles. The van der Waals surface area contributed by atoms with Gasteiger partial charge in [-0.25, -0.2) is 4.79 Å². The fourth-order valence-electron chi connectivity index (χ4n) is 2.28. The van der Waals surface area contributed by atoms with Crippen LogP contribution in [-0.2, 0) is 25.5 Å². The van der Waals surface area contributed by atoms with E-state index in [9.17, 15) is 14.4 Å². The molecule has 0 aliphatic carbocycles. The number of nitrogens with zero attached hydrogens (tertiary/aromatic N) is 2. The topological polar surface area (TPSA) is 170 Å². The van der Waals surface area contributed by atoms with Crippen molar-refractivity contribution in [3.8, 4) is 0 Å². The van der Waals surface area contributed by atoms with Crippen LogP contribution in [0.4, 0.5) is 5.95 Å². The predicted molar refractivity (Wildman–Crippen MR) is 80.1 cm³/mol. The number of carbonyl (C=O) groups excluding carboxylic acids is 1. The van der Waals surface area contributed by atoms with Crippen LogP contribution in [0, 0.1) is 0 Å². The molecule has 0 saturated carbocycles. The highest BCUT2D eigenvalue weighted by Crippen LogP contribution is 2.12. The molecule has 24 heavy (non-hydrogen) atoms. The third-order valence-corrected chi connectivity index (χ3v) is 3.43. The summed E-state index contributed by atoms with van der Waals surface area (Å²) in [6, 6.07) is -0.443. The maximum absolute atomic E-state index is 12.0. The Bertz CT molecular complexity index is 648. The van der Waals surface area contributed by atoms with Gasteiger partial charge in [-0.1, -0.05) is 0 Å². The molecule has 2 atom stereocenters. The lowest BCUT2D eigenvalue weighted by atomic mass is 10.1. The van der Waals surface area contributed by atoms with E-state index in [1.807, 2.05) is 0 Å². The lowest BCUT2D eigenvalue weighted by Crippen LogP contribution is -2.51. The lowest BCUT2D eigenvalue weighted by Gasteiger charge is -2.31. The molecule has 0 radical (unpaired) electrons. The van der Waals surface area contributed by atoms with E-state index < -0.39 is 30.3 Å². The van der Waals surface area contributed by atoms with Gasteiger partial charge in [0.15, 0.2) is 0 Å². The van der Waals surface area contributed by atoms with Crippen molar-refractivity contribution in [3.63, 3.8) is 0 Å². The maximum Gasteiger partial charge on any atom is 0.329 e. The second-order valence-corrected chi connectivity index (χ2v) is 5.27. The normalized spacial score (nSPS) is 20.5. The number of nitrogen functional groups attached to an aromatic ring is 1. The summed E-state index contributed by atoms with van der Waals surface area (Å²) in [5.41, 5.74) is 4.92. The minimum atomic E-state index is -1.08. The summed E-state index contributed by atoms with van der Waals surface area (Å²) in [6.07, 6.45) is 0.173. The monoisotopic (exact) mass is 341 g/mol. The van der Waals surface area contributed by atoms with Crippen molar-refractivity contribution in [1.29, 1.82) is 0 Å². The smallest absolute Gasteiger partial charge is 0.329 e.